The first-order valence-corrected chi connectivity index (χ1v) is 7.23. The van der Waals surface area contributed by atoms with Crippen LogP contribution in [0.2, 0.25) is 0 Å². The van der Waals surface area contributed by atoms with Crippen molar-refractivity contribution >= 4 is 15.9 Å². The number of likely N-dealkylation sites (tertiary alicyclic amines) is 1. The maximum Gasteiger partial charge on any atom is 0.222 e. The molecule has 5 nitrogen and oxygen atoms in total. The van der Waals surface area contributed by atoms with Crippen molar-refractivity contribution in [2.75, 3.05) is 32.4 Å². The summed E-state index contributed by atoms with van der Waals surface area (Å²) in [6.07, 6.45) is 0.470. The molecule has 1 aliphatic rings. The molecule has 1 atom stereocenters. The van der Waals surface area contributed by atoms with E-state index in [0.29, 0.717) is 26.1 Å². The van der Waals surface area contributed by atoms with Crippen LogP contribution in [0.3, 0.4) is 0 Å². The summed E-state index contributed by atoms with van der Waals surface area (Å²) in [7, 11) is -1.54. The van der Waals surface area contributed by atoms with Gasteiger partial charge in [-0.3, -0.25) is 4.79 Å². The van der Waals surface area contributed by atoms with Crippen LogP contribution in [0.5, 0.6) is 0 Å². The van der Waals surface area contributed by atoms with Crippen molar-refractivity contribution in [2.45, 2.75) is 20.3 Å². The van der Waals surface area contributed by atoms with Gasteiger partial charge in [0.15, 0.2) is 0 Å². The molecule has 0 saturated carbocycles. The zero-order valence-electron chi connectivity index (χ0n) is 10.1. The lowest BCUT2D eigenvalue weighted by molar-refractivity contribution is -0.127. The van der Waals surface area contributed by atoms with Crippen molar-refractivity contribution in [2.24, 2.45) is 5.92 Å². The minimum Gasteiger partial charge on any atom is -0.343 e. The van der Waals surface area contributed by atoms with Gasteiger partial charge >= 0.3 is 0 Å². The standard InChI is InChI=1S/C10H20N2O3S/c1-4-12-8-9(6-10(12)13)7-11(3)16(14,15)5-2/h9H,4-8H2,1-3H3/t9-/m0/s1. The molecule has 0 unspecified atom stereocenters. The Morgan fingerprint density at radius 2 is 2.06 bits per heavy atom. The lowest BCUT2D eigenvalue weighted by Gasteiger charge is -2.20. The molecule has 1 heterocycles. The first-order chi connectivity index (χ1) is 7.40. The minimum absolute atomic E-state index is 0.113. The SMILES string of the molecule is CCN1C[C@H](CN(C)S(=O)(=O)CC)CC1=O. The molecular formula is C10H20N2O3S. The molecule has 0 radical (unpaired) electrons. The molecule has 0 aliphatic carbocycles. The lowest BCUT2D eigenvalue weighted by Crippen LogP contribution is -2.34. The molecule has 16 heavy (non-hydrogen) atoms. The molecule has 0 spiro atoms. The summed E-state index contributed by atoms with van der Waals surface area (Å²) in [4.78, 5) is 13.2. The number of rotatable bonds is 5. The van der Waals surface area contributed by atoms with Gasteiger partial charge in [-0.15, -0.1) is 0 Å². The average Bonchev–Trinajstić information content (AvgIpc) is 2.58. The van der Waals surface area contributed by atoms with Crippen LogP contribution in [-0.4, -0.2) is 56.0 Å². The number of amides is 1. The Morgan fingerprint density at radius 3 is 2.50 bits per heavy atom. The monoisotopic (exact) mass is 248 g/mol. The third kappa shape index (κ3) is 2.95. The molecule has 1 fully saturated rings. The van der Waals surface area contributed by atoms with Gasteiger partial charge in [0.1, 0.15) is 0 Å². The first kappa shape index (κ1) is 13.4. The largest absolute Gasteiger partial charge is 0.343 e. The molecule has 0 aromatic rings. The quantitative estimate of drug-likeness (QED) is 0.695. The molecule has 1 aliphatic heterocycles. The Kier molecular flexibility index (Phi) is 4.32. The van der Waals surface area contributed by atoms with Crippen LogP contribution in [0.4, 0.5) is 0 Å². The highest BCUT2D eigenvalue weighted by atomic mass is 32.2. The van der Waals surface area contributed by atoms with Gasteiger partial charge in [-0.2, -0.15) is 0 Å². The highest BCUT2D eigenvalue weighted by Crippen LogP contribution is 2.19. The summed E-state index contributed by atoms with van der Waals surface area (Å²) in [5.41, 5.74) is 0. The zero-order valence-corrected chi connectivity index (χ0v) is 11.0. The number of hydrogen-bond donors (Lipinski definition) is 0. The molecule has 1 rings (SSSR count). The van der Waals surface area contributed by atoms with Crippen LogP contribution in [0.1, 0.15) is 20.3 Å². The summed E-state index contributed by atoms with van der Waals surface area (Å²) in [5.74, 6) is 0.385. The van der Waals surface area contributed by atoms with E-state index in [4.69, 9.17) is 0 Å². The molecule has 0 aromatic heterocycles. The van der Waals surface area contributed by atoms with Gasteiger partial charge in [0.25, 0.3) is 0 Å². The van der Waals surface area contributed by atoms with Crippen molar-refractivity contribution in [3.63, 3.8) is 0 Å². The van der Waals surface area contributed by atoms with Crippen LogP contribution in [0.15, 0.2) is 0 Å². The fraction of sp³-hybridized carbons (Fsp3) is 0.900. The summed E-state index contributed by atoms with van der Waals surface area (Å²) < 4.78 is 24.5. The fourth-order valence-corrected chi connectivity index (χ4v) is 2.86. The van der Waals surface area contributed by atoms with E-state index in [1.165, 1.54) is 4.31 Å². The van der Waals surface area contributed by atoms with Crippen LogP contribution in [0, 0.1) is 5.92 Å². The zero-order chi connectivity index (χ0) is 12.3. The van der Waals surface area contributed by atoms with Gasteiger partial charge in [0, 0.05) is 33.1 Å². The Balaban J connectivity index is 2.55. The number of carbonyl (C=O) groups is 1. The minimum atomic E-state index is -3.12. The van der Waals surface area contributed by atoms with E-state index < -0.39 is 10.0 Å². The van der Waals surface area contributed by atoms with E-state index in [2.05, 4.69) is 0 Å². The van der Waals surface area contributed by atoms with E-state index in [9.17, 15) is 13.2 Å². The number of nitrogens with zero attached hydrogens (tertiary/aromatic N) is 2. The number of carbonyl (C=O) groups excluding carboxylic acids is 1. The van der Waals surface area contributed by atoms with E-state index in [1.807, 2.05) is 6.92 Å². The molecule has 6 heteroatoms. The fourth-order valence-electron chi connectivity index (χ4n) is 1.98. The van der Waals surface area contributed by atoms with Gasteiger partial charge in [-0.1, -0.05) is 0 Å². The second-order valence-electron chi connectivity index (χ2n) is 4.18. The van der Waals surface area contributed by atoms with Gasteiger partial charge in [0.2, 0.25) is 15.9 Å². The summed E-state index contributed by atoms with van der Waals surface area (Å²) in [5, 5.41) is 0. The lowest BCUT2D eigenvalue weighted by atomic mass is 10.1. The third-order valence-electron chi connectivity index (χ3n) is 3.03. The topological polar surface area (TPSA) is 57.7 Å². The molecule has 1 amide bonds. The predicted octanol–water partition coefficient (Wildman–Crippen LogP) is 0.136. The van der Waals surface area contributed by atoms with Gasteiger partial charge in [0.05, 0.1) is 5.75 Å². The van der Waals surface area contributed by atoms with Gasteiger partial charge < -0.3 is 4.90 Å². The Hall–Kier alpha value is -0.620. The molecular weight excluding hydrogens is 228 g/mol. The molecule has 0 bridgehead atoms. The third-order valence-corrected chi connectivity index (χ3v) is 4.86. The Morgan fingerprint density at radius 1 is 1.44 bits per heavy atom. The normalized spacial score (nSPS) is 22.1. The van der Waals surface area contributed by atoms with E-state index in [0.717, 1.165) is 0 Å². The molecule has 94 valence electrons. The van der Waals surface area contributed by atoms with E-state index in [-0.39, 0.29) is 17.6 Å². The van der Waals surface area contributed by atoms with Crippen LogP contribution in [-0.2, 0) is 14.8 Å². The maximum absolute atomic E-state index is 11.5. The Bertz CT molecular complexity index is 353. The predicted molar refractivity (Wildman–Crippen MR) is 62.5 cm³/mol. The van der Waals surface area contributed by atoms with Crippen molar-refractivity contribution in [3.8, 4) is 0 Å². The number of hydrogen-bond acceptors (Lipinski definition) is 3. The van der Waals surface area contributed by atoms with Gasteiger partial charge in [-0.05, 0) is 19.8 Å². The smallest absolute Gasteiger partial charge is 0.222 e. The number of sulfonamides is 1. The Labute approximate surface area is 97.5 Å². The van der Waals surface area contributed by atoms with Crippen molar-refractivity contribution in [1.82, 2.24) is 9.21 Å². The van der Waals surface area contributed by atoms with Crippen LogP contribution in [0.25, 0.3) is 0 Å². The second kappa shape index (κ2) is 5.14. The first-order valence-electron chi connectivity index (χ1n) is 5.62. The molecule has 0 N–H and O–H groups in total. The molecule has 1 saturated heterocycles. The maximum atomic E-state index is 11.5. The van der Waals surface area contributed by atoms with Crippen molar-refractivity contribution in [3.05, 3.63) is 0 Å². The molecule has 0 aromatic carbocycles. The van der Waals surface area contributed by atoms with E-state index in [1.54, 1.807) is 18.9 Å². The second-order valence-corrected chi connectivity index (χ2v) is 6.55. The summed E-state index contributed by atoms with van der Waals surface area (Å²) in [6.45, 7) is 5.40. The van der Waals surface area contributed by atoms with Crippen LogP contribution < -0.4 is 0 Å². The van der Waals surface area contributed by atoms with Crippen LogP contribution >= 0.6 is 0 Å². The average molecular weight is 248 g/mol. The highest BCUT2D eigenvalue weighted by Gasteiger charge is 2.30. The van der Waals surface area contributed by atoms with Crippen molar-refractivity contribution < 1.29 is 13.2 Å². The van der Waals surface area contributed by atoms with E-state index >= 15 is 0 Å². The summed E-state index contributed by atoms with van der Waals surface area (Å²) >= 11 is 0. The highest BCUT2D eigenvalue weighted by molar-refractivity contribution is 7.89. The van der Waals surface area contributed by atoms with Gasteiger partial charge in [-0.25, -0.2) is 12.7 Å². The van der Waals surface area contributed by atoms with Crippen molar-refractivity contribution in [1.29, 1.82) is 0 Å². The summed E-state index contributed by atoms with van der Waals surface area (Å²) in [6, 6.07) is 0.